The summed E-state index contributed by atoms with van der Waals surface area (Å²) in [6.07, 6.45) is 0. The number of thiophene rings is 1. The average Bonchev–Trinajstić information content (AvgIpc) is 3.05. The first-order valence-electron chi connectivity index (χ1n) is 6.09. The maximum atomic E-state index is 12.3. The van der Waals surface area contributed by atoms with Crippen LogP contribution in [0.25, 0.3) is 10.2 Å². The van der Waals surface area contributed by atoms with Crippen molar-refractivity contribution in [3.05, 3.63) is 33.5 Å². The lowest BCUT2D eigenvalue weighted by Gasteiger charge is -2.08. The lowest BCUT2D eigenvalue weighted by molar-refractivity contribution is 0.387. The van der Waals surface area contributed by atoms with E-state index >= 15 is 0 Å². The molecule has 3 heterocycles. The van der Waals surface area contributed by atoms with E-state index in [2.05, 4.69) is 15.1 Å². The number of hydrogen-bond acceptors (Lipinski definition) is 7. The van der Waals surface area contributed by atoms with E-state index in [1.165, 1.54) is 23.1 Å². The molecule has 0 aliphatic carbocycles. The van der Waals surface area contributed by atoms with Crippen LogP contribution in [0.15, 0.2) is 25.9 Å². The highest BCUT2D eigenvalue weighted by molar-refractivity contribution is 7.98. The van der Waals surface area contributed by atoms with Crippen LogP contribution in [0, 0.1) is 6.92 Å². The molecule has 20 heavy (non-hydrogen) atoms. The van der Waals surface area contributed by atoms with Crippen molar-refractivity contribution in [1.82, 2.24) is 19.7 Å². The van der Waals surface area contributed by atoms with Gasteiger partial charge in [0.05, 0.1) is 11.3 Å². The third-order valence-electron chi connectivity index (χ3n) is 2.74. The van der Waals surface area contributed by atoms with E-state index in [0.29, 0.717) is 33.9 Å². The first-order chi connectivity index (χ1) is 9.69. The Morgan fingerprint density at radius 2 is 2.30 bits per heavy atom. The summed E-state index contributed by atoms with van der Waals surface area (Å²) >= 11 is 2.85. The van der Waals surface area contributed by atoms with Crippen molar-refractivity contribution in [1.29, 1.82) is 0 Å². The van der Waals surface area contributed by atoms with E-state index in [9.17, 15) is 4.79 Å². The molecule has 0 saturated carbocycles. The van der Waals surface area contributed by atoms with E-state index in [4.69, 9.17) is 4.52 Å². The summed E-state index contributed by atoms with van der Waals surface area (Å²) in [5.74, 6) is 1.65. The first kappa shape index (κ1) is 13.3. The van der Waals surface area contributed by atoms with E-state index in [-0.39, 0.29) is 5.56 Å². The molecular weight excluding hydrogens is 296 g/mol. The van der Waals surface area contributed by atoms with Gasteiger partial charge in [-0.3, -0.25) is 9.36 Å². The molecule has 0 spiro atoms. The Bertz CT molecular complexity index is 805. The predicted octanol–water partition coefficient (Wildman–Crippen LogP) is 2.46. The molecule has 8 heteroatoms. The zero-order chi connectivity index (χ0) is 14.1. The summed E-state index contributed by atoms with van der Waals surface area (Å²) in [6.45, 7) is 4.30. The second-order valence-corrected chi connectivity index (χ2v) is 5.96. The van der Waals surface area contributed by atoms with Crippen molar-refractivity contribution in [2.45, 2.75) is 31.3 Å². The van der Waals surface area contributed by atoms with Crippen LogP contribution in [0.3, 0.4) is 0 Å². The van der Waals surface area contributed by atoms with Gasteiger partial charge < -0.3 is 4.52 Å². The van der Waals surface area contributed by atoms with Crippen LogP contribution in [-0.4, -0.2) is 19.7 Å². The van der Waals surface area contributed by atoms with Crippen molar-refractivity contribution in [2.75, 3.05) is 0 Å². The Morgan fingerprint density at radius 1 is 1.45 bits per heavy atom. The Hall–Kier alpha value is -1.67. The second kappa shape index (κ2) is 5.37. The van der Waals surface area contributed by atoms with Gasteiger partial charge >= 0.3 is 0 Å². The minimum absolute atomic E-state index is 0.0108. The standard InChI is InChI=1S/C12H12N4O2S2/c1-3-16-11(17)10-8(4-5-19-10)14-12(16)20-6-9-13-7(2)15-18-9/h4-5H,3,6H2,1-2H3. The molecule has 0 atom stereocenters. The van der Waals surface area contributed by atoms with Gasteiger partial charge in [-0.15, -0.1) is 11.3 Å². The molecule has 3 aromatic heterocycles. The van der Waals surface area contributed by atoms with Gasteiger partial charge in [0.15, 0.2) is 11.0 Å². The lowest BCUT2D eigenvalue weighted by atomic mass is 10.5. The van der Waals surface area contributed by atoms with E-state index in [0.717, 1.165) is 5.52 Å². The van der Waals surface area contributed by atoms with Crippen LogP contribution in [-0.2, 0) is 12.3 Å². The van der Waals surface area contributed by atoms with E-state index < -0.39 is 0 Å². The van der Waals surface area contributed by atoms with E-state index in [1.54, 1.807) is 11.5 Å². The molecule has 0 amide bonds. The molecule has 0 N–H and O–H groups in total. The van der Waals surface area contributed by atoms with Gasteiger partial charge in [0.2, 0.25) is 5.89 Å². The highest BCUT2D eigenvalue weighted by Crippen LogP contribution is 2.23. The van der Waals surface area contributed by atoms with Gasteiger partial charge in [-0.05, 0) is 25.3 Å². The highest BCUT2D eigenvalue weighted by Gasteiger charge is 2.13. The van der Waals surface area contributed by atoms with Crippen LogP contribution >= 0.6 is 23.1 Å². The summed E-state index contributed by atoms with van der Waals surface area (Å²) < 4.78 is 7.44. The summed E-state index contributed by atoms with van der Waals surface area (Å²) in [5, 5.41) is 6.31. The van der Waals surface area contributed by atoms with Crippen molar-refractivity contribution >= 4 is 33.3 Å². The smallest absolute Gasteiger partial charge is 0.272 e. The highest BCUT2D eigenvalue weighted by atomic mass is 32.2. The van der Waals surface area contributed by atoms with E-state index in [1.807, 2.05) is 18.4 Å². The number of aromatic nitrogens is 4. The van der Waals surface area contributed by atoms with Gasteiger partial charge in [-0.1, -0.05) is 16.9 Å². The lowest BCUT2D eigenvalue weighted by Crippen LogP contribution is -2.21. The quantitative estimate of drug-likeness (QED) is 0.544. The summed E-state index contributed by atoms with van der Waals surface area (Å²) in [4.78, 5) is 21.0. The monoisotopic (exact) mass is 308 g/mol. The van der Waals surface area contributed by atoms with Crippen LogP contribution < -0.4 is 5.56 Å². The summed E-state index contributed by atoms with van der Waals surface area (Å²) in [6, 6.07) is 1.86. The van der Waals surface area contributed by atoms with Crippen LogP contribution in [0.5, 0.6) is 0 Å². The maximum Gasteiger partial charge on any atom is 0.272 e. The Kier molecular flexibility index (Phi) is 3.58. The minimum Gasteiger partial charge on any atom is -0.338 e. The average molecular weight is 308 g/mol. The molecule has 0 aliphatic heterocycles. The number of nitrogens with zero attached hydrogens (tertiary/aromatic N) is 4. The minimum atomic E-state index is 0.0108. The zero-order valence-corrected chi connectivity index (χ0v) is 12.6. The largest absolute Gasteiger partial charge is 0.338 e. The van der Waals surface area contributed by atoms with Crippen molar-refractivity contribution in [2.24, 2.45) is 0 Å². The normalized spacial score (nSPS) is 11.3. The van der Waals surface area contributed by atoms with Gasteiger partial charge in [-0.2, -0.15) is 4.98 Å². The van der Waals surface area contributed by atoms with Gasteiger partial charge in [0.25, 0.3) is 5.56 Å². The van der Waals surface area contributed by atoms with Gasteiger partial charge in [0, 0.05) is 6.54 Å². The fourth-order valence-electron chi connectivity index (χ4n) is 1.84. The number of fused-ring (bicyclic) bond motifs is 1. The van der Waals surface area contributed by atoms with Crippen molar-refractivity contribution < 1.29 is 4.52 Å². The number of aryl methyl sites for hydroxylation is 1. The topological polar surface area (TPSA) is 73.8 Å². The van der Waals surface area contributed by atoms with Crippen LogP contribution in [0.2, 0.25) is 0 Å². The molecule has 0 bridgehead atoms. The molecule has 3 rings (SSSR count). The fraction of sp³-hybridized carbons (Fsp3) is 0.333. The van der Waals surface area contributed by atoms with Crippen molar-refractivity contribution in [3.63, 3.8) is 0 Å². The molecular formula is C12H12N4O2S2. The molecule has 0 unspecified atom stereocenters. The van der Waals surface area contributed by atoms with Crippen LogP contribution in [0.4, 0.5) is 0 Å². The Labute approximate surface area is 122 Å². The maximum absolute atomic E-state index is 12.3. The SMILES string of the molecule is CCn1c(SCc2nc(C)no2)nc2ccsc2c1=O. The summed E-state index contributed by atoms with van der Waals surface area (Å²) in [5.41, 5.74) is 0.755. The second-order valence-electron chi connectivity index (χ2n) is 4.10. The predicted molar refractivity (Wildman–Crippen MR) is 78.2 cm³/mol. The van der Waals surface area contributed by atoms with Crippen molar-refractivity contribution in [3.8, 4) is 0 Å². The van der Waals surface area contributed by atoms with Crippen LogP contribution in [0.1, 0.15) is 18.6 Å². The number of hydrogen-bond donors (Lipinski definition) is 0. The van der Waals surface area contributed by atoms with Gasteiger partial charge in [-0.25, -0.2) is 4.98 Å². The molecule has 0 radical (unpaired) electrons. The summed E-state index contributed by atoms with van der Waals surface area (Å²) in [7, 11) is 0. The third-order valence-corrected chi connectivity index (χ3v) is 4.59. The fourth-order valence-corrected chi connectivity index (χ4v) is 3.52. The molecule has 0 fully saturated rings. The molecule has 0 saturated heterocycles. The number of rotatable bonds is 4. The Balaban J connectivity index is 1.95. The number of thioether (sulfide) groups is 1. The Morgan fingerprint density at radius 3 is 3.00 bits per heavy atom. The van der Waals surface area contributed by atoms with Gasteiger partial charge in [0.1, 0.15) is 4.70 Å². The molecule has 0 aromatic carbocycles. The molecule has 3 aromatic rings. The molecule has 6 nitrogen and oxygen atoms in total. The zero-order valence-electron chi connectivity index (χ0n) is 11.0. The molecule has 104 valence electrons. The molecule has 0 aliphatic rings. The first-order valence-corrected chi connectivity index (χ1v) is 7.95. The third kappa shape index (κ3) is 2.36.